The molecule has 18 heavy (non-hydrogen) atoms. The molecule has 0 fully saturated rings. The molecule has 0 saturated carbocycles. The number of aliphatic hydroxyl groups is 1. The Kier molecular flexibility index (Phi) is 6.48. The van der Waals surface area contributed by atoms with Gasteiger partial charge in [0.1, 0.15) is 0 Å². The van der Waals surface area contributed by atoms with Gasteiger partial charge in [-0.1, -0.05) is 25.1 Å². The van der Waals surface area contributed by atoms with Crippen LogP contribution >= 0.6 is 0 Å². The Morgan fingerprint density at radius 3 is 2.22 bits per heavy atom. The second-order valence-corrected chi connectivity index (χ2v) is 4.58. The second kappa shape index (κ2) is 7.07. The maximum absolute atomic E-state index is 11.0. The number of aliphatic hydroxyl groups excluding tert-OH is 1. The van der Waals surface area contributed by atoms with Crippen LogP contribution in [0.25, 0.3) is 0 Å². The molecule has 8 heteroatoms. The van der Waals surface area contributed by atoms with Gasteiger partial charge in [-0.3, -0.25) is 9.35 Å². The monoisotopic (exact) mass is 276 g/mol. The fourth-order valence-electron chi connectivity index (χ4n) is 1.25. The van der Waals surface area contributed by atoms with Crippen molar-refractivity contribution >= 4 is 16.2 Å². The van der Waals surface area contributed by atoms with Crippen molar-refractivity contribution in [3.63, 3.8) is 0 Å². The molecule has 0 aromatic heterocycles. The first kappa shape index (κ1) is 16.5. The standard InChI is InChI=1S/C10H13NO2.H3NO3S/c1-7(6-12)8-4-2-3-5-9(8)10(11)13;1-5(2,3)4/h2-5,7,12H,6H2,1H3,(H2,11,13);(H3,1,2,3,4). The van der Waals surface area contributed by atoms with Gasteiger partial charge in [-0.2, -0.15) is 8.42 Å². The molecular weight excluding hydrogens is 260 g/mol. The first-order chi connectivity index (χ1) is 8.16. The van der Waals surface area contributed by atoms with Gasteiger partial charge in [0, 0.05) is 18.1 Å². The molecule has 1 amide bonds. The van der Waals surface area contributed by atoms with Gasteiger partial charge in [-0.25, -0.2) is 5.14 Å². The minimum absolute atomic E-state index is 0.0181. The third-order valence-corrected chi connectivity index (χ3v) is 2.03. The molecule has 1 aromatic carbocycles. The van der Waals surface area contributed by atoms with E-state index in [1.54, 1.807) is 18.2 Å². The minimum atomic E-state index is -4.17. The number of hydrogen-bond donors (Lipinski definition) is 4. The van der Waals surface area contributed by atoms with E-state index in [0.717, 1.165) is 5.56 Å². The zero-order valence-electron chi connectivity index (χ0n) is 9.78. The molecule has 1 atom stereocenters. The van der Waals surface area contributed by atoms with E-state index in [9.17, 15) is 4.79 Å². The van der Waals surface area contributed by atoms with Crippen molar-refractivity contribution in [3.05, 3.63) is 35.4 Å². The summed E-state index contributed by atoms with van der Waals surface area (Å²) in [6.07, 6.45) is 0. The van der Waals surface area contributed by atoms with Gasteiger partial charge in [0.05, 0.1) is 0 Å². The molecule has 0 aliphatic heterocycles. The zero-order chi connectivity index (χ0) is 14.3. The topological polar surface area (TPSA) is 144 Å². The summed E-state index contributed by atoms with van der Waals surface area (Å²) < 4.78 is 25.2. The SMILES string of the molecule is CC(CO)c1ccccc1C(N)=O.NS(=O)(=O)O. The van der Waals surface area contributed by atoms with Crippen molar-refractivity contribution in [2.75, 3.05) is 6.61 Å². The highest BCUT2D eigenvalue weighted by molar-refractivity contribution is 7.83. The van der Waals surface area contributed by atoms with Crippen molar-refractivity contribution in [1.82, 2.24) is 0 Å². The Balaban J connectivity index is 0.000000494. The average molecular weight is 276 g/mol. The summed E-state index contributed by atoms with van der Waals surface area (Å²) in [6.45, 7) is 1.87. The highest BCUT2D eigenvalue weighted by Gasteiger charge is 2.11. The van der Waals surface area contributed by atoms with Gasteiger partial charge in [-0.05, 0) is 11.6 Å². The highest BCUT2D eigenvalue weighted by atomic mass is 32.2. The van der Waals surface area contributed by atoms with Crippen molar-refractivity contribution in [3.8, 4) is 0 Å². The van der Waals surface area contributed by atoms with Gasteiger partial charge in [0.25, 0.3) is 0 Å². The first-order valence-electron chi connectivity index (χ1n) is 4.91. The summed E-state index contributed by atoms with van der Waals surface area (Å²) in [5, 5.41) is 12.8. The summed E-state index contributed by atoms with van der Waals surface area (Å²) in [7, 11) is -4.17. The molecule has 0 saturated heterocycles. The number of amides is 1. The van der Waals surface area contributed by atoms with E-state index in [1.165, 1.54) is 0 Å². The summed E-state index contributed by atoms with van der Waals surface area (Å²) in [5.74, 6) is -0.500. The molecule has 0 spiro atoms. The van der Waals surface area contributed by atoms with Crippen LogP contribution in [0.4, 0.5) is 0 Å². The molecular formula is C10H16N2O5S. The van der Waals surface area contributed by atoms with Crippen LogP contribution in [0.3, 0.4) is 0 Å². The van der Waals surface area contributed by atoms with Crippen LogP contribution in [0.1, 0.15) is 28.8 Å². The normalized spacial score (nSPS) is 12.2. The Morgan fingerprint density at radius 1 is 1.39 bits per heavy atom. The molecule has 0 bridgehead atoms. The minimum Gasteiger partial charge on any atom is -0.396 e. The predicted octanol–water partition coefficient (Wildman–Crippen LogP) is -0.371. The molecule has 0 radical (unpaired) electrons. The molecule has 7 nitrogen and oxygen atoms in total. The van der Waals surface area contributed by atoms with Crippen molar-refractivity contribution in [2.24, 2.45) is 10.9 Å². The molecule has 1 unspecified atom stereocenters. The number of primary amides is 1. The average Bonchev–Trinajstić information content (AvgIpc) is 2.25. The zero-order valence-corrected chi connectivity index (χ0v) is 10.6. The molecule has 6 N–H and O–H groups in total. The van der Waals surface area contributed by atoms with Crippen LogP contribution in [0.2, 0.25) is 0 Å². The quantitative estimate of drug-likeness (QED) is 0.557. The Bertz CT molecular complexity index is 493. The number of nitrogens with two attached hydrogens (primary N) is 2. The number of carbonyl (C=O) groups is 1. The van der Waals surface area contributed by atoms with Gasteiger partial charge < -0.3 is 10.8 Å². The van der Waals surface area contributed by atoms with Gasteiger partial charge >= 0.3 is 10.3 Å². The molecule has 0 aliphatic rings. The fraction of sp³-hybridized carbons (Fsp3) is 0.300. The van der Waals surface area contributed by atoms with Gasteiger partial charge in [0.2, 0.25) is 5.91 Å². The summed E-state index contributed by atoms with van der Waals surface area (Å²) in [6, 6.07) is 7.06. The van der Waals surface area contributed by atoms with E-state index in [0.29, 0.717) is 5.56 Å². The van der Waals surface area contributed by atoms with Crippen LogP contribution in [0.15, 0.2) is 24.3 Å². The van der Waals surface area contributed by atoms with E-state index in [4.69, 9.17) is 23.8 Å². The predicted molar refractivity (Wildman–Crippen MR) is 66.2 cm³/mol. The number of rotatable bonds is 3. The molecule has 0 aliphatic carbocycles. The first-order valence-corrected chi connectivity index (χ1v) is 6.42. The lowest BCUT2D eigenvalue weighted by atomic mass is 9.96. The van der Waals surface area contributed by atoms with Crippen LogP contribution < -0.4 is 10.9 Å². The molecule has 1 rings (SSSR count). The lowest BCUT2D eigenvalue weighted by Gasteiger charge is -2.11. The van der Waals surface area contributed by atoms with Gasteiger partial charge in [-0.15, -0.1) is 0 Å². The Labute approximate surface area is 105 Å². The second-order valence-electron chi connectivity index (χ2n) is 3.55. The molecule has 102 valence electrons. The van der Waals surface area contributed by atoms with E-state index >= 15 is 0 Å². The third-order valence-electron chi connectivity index (χ3n) is 2.03. The number of benzene rings is 1. The number of carbonyl (C=O) groups excluding carboxylic acids is 1. The van der Waals surface area contributed by atoms with Gasteiger partial charge in [0.15, 0.2) is 0 Å². The molecule has 0 heterocycles. The Morgan fingerprint density at radius 2 is 1.83 bits per heavy atom. The largest absolute Gasteiger partial charge is 0.396 e. The summed E-state index contributed by atoms with van der Waals surface area (Å²) in [4.78, 5) is 11.0. The lowest BCUT2D eigenvalue weighted by Crippen LogP contribution is -2.15. The van der Waals surface area contributed by atoms with E-state index in [1.807, 2.05) is 13.0 Å². The van der Waals surface area contributed by atoms with Crippen LogP contribution in [0, 0.1) is 0 Å². The van der Waals surface area contributed by atoms with Crippen LogP contribution in [-0.4, -0.2) is 30.6 Å². The fourth-order valence-corrected chi connectivity index (χ4v) is 1.25. The summed E-state index contributed by atoms with van der Waals surface area (Å²) >= 11 is 0. The van der Waals surface area contributed by atoms with E-state index in [2.05, 4.69) is 5.14 Å². The maximum atomic E-state index is 11.0. The van der Waals surface area contributed by atoms with Crippen molar-refractivity contribution in [1.29, 1.82) is 0 Å². The smallest absolute Gasteiger partial charge is 0.330 e. The Hall–Kier alpha value is -1.48. The number of hydrogen-bond acceptors (Lipinski definition) is 4. The maximum Gasteiger partial charge on any atom is 0.330 e. The van der Waals surface area contributed by atoms with Crippen LogP contribution in [-0.2, 0) is 10.3 Å². The van der Waals surface area contributed by atoms with Crippen molar-refractivity contribution in [2.45, 2.75) is 12.8 Å². The molecule has 1 aromatic rings. The van der Waals surface area contributed by atoms with E-state index in [-0.39, 0.29) is 12.5 Å². The van der Waals surface area contributed by atoms with E-state index < -0.39 is 16.2 Å². The third kappa shape index (κ3) is 6.97. The summed E-state index contributed by atoms with van der Waals surface area (Å²) in [5.41, 5.74) is 6.48. The van der Waals surface area contributed by atoms with Crippen molar-refractivity contribution < 1.29 is 22.9 Å². The lowest BCUT2D eigenvalue weighted by molar-refractivity contribution is 0.0998. The highest BCUT2D eigenvalue weighted by Crippen LogP contribution is 2.18. The van der Waals surface area contributed by atoms with Crippen LogP contribution in [0.5, 0.6) is 0 Å².